The highest BCUT2D eigenvalue weighted by molar-refractivity contribution is 5.70. The average Bonchev–Trinajstić information content (AvgIpc) is 3.74. The number of ether oxygens (including phenoxy) is 4. The zero-order chi connectivity index (χ0) is 67.5. The van der Waals surface area contributed by atoms with E-state index >= 15 is 0 Å². The number of nitrogens with zero attached hydrogens (tertiary/aromatic N) is 1. The molecule has 0 aliphatic rings. The molecule has 0 heterocycles. The first-order valence-corrected chi connectivity index (χ1v) is 40.4. The highest BCUT2D eigenvalue weighted by Crippen LogP contribution is 2.20. The predicted molar refractivity (Wildman–Crippen MR) is 399 cm³/mol. The van der Waals surface area contributed by atoms with Crippen molar-refractivity contribution in [3.05, 3.63) is 60.8 Å². The van der Waals surface area contributed by atoms with E-state index < -0.39 is 24.3 Å². The van der Waals surface area contributed by atoms with Crippen molar-refractivity contribution in [3.63, 3.8) is 0 Å². The number of esters is 2. The molecule has 9 heteroatoms. The fourth-order valence-electron chi connectivity index (χ4n) is 12.1. The SMILES string of the molecule is CC/C=C\C/C=C\C/C=C\C/C=C\CCCCCCCCCCCCCCCCCCCCCCCCC(=O)OC(COC(=O)CCCCCCCCCCCCCCCCCCCCCCC/C=C\CCCCCCCCCC)COC(OCC[N+](C)(C)C)C(=O)[O-]. The Bertz CT molecular complexity index is 1710. The molecule has 0 saturated heterocycles. The zero-order valence-corrected chi connectivity index (χ0v) is 62.4. The Balaban J connectivity index is 3.97. The summed E-state index contributed by atoms with van der Waals surface area (Å²) in [6, 6.07) is 0. The minimum absolute atomic E-state index is 0.150. The van der Waals surface area contributed by atoms with Gasteiger partial charge in [-0.05, 0) is 77.0 Å². The molecule has 0 N–H and O–H groups in total. The number of carbonyl (C=O) groups excluding carboxylic acids is 3. The first kappa shape index (κ1) is 90.0. The summed E-state index contributed by atoms with van der Waals surface area (Å²) in [5.41, 5.74) is 0. The van der Waals surface area contributed by atoms with Crippen molar-refractivity contribution in [3.8, 4) is 0 Å². The highest BCUT2D eigenvalue weighted by atomic mass is 16.7. The van der Waals surface area contributed by atoms with E-state index in [1.165, 1.54) is 308 Å². The van der Waals surface area contributed by atoms with Crippen molar-refractivity contribution < 1.29 is 42.9 Å². The fraction of sp³-hybridized carbons (Fsp3) is 0.845. The predicted octanol–water partition coefficient (Wildman–Crippen LogP) is 24.5. The third kappa shape index (κ3) is 76.2. The van der Waals surface area contributed by atoms with Gasteiger partial charge in [0.1, 0.15) is 13.2 Å². The molecule has 0 fully saturated rings. The number of hydrogen-bond acceptors (Lipinski definition) is 8. The molecule has 93 heavy (non-hydrogen) atoms. The van der Waals surface area contributed by atoms with Crippen molar-refractivity contribution in [2.24, 2.45) is 0 Å². The van der Waals surface area contributed by atoms with E-state index in [-0.39, 0.29) is 32.2 Å². The summed E-state index contributed by atoms with van der Waals surface area (Å²) < 4.78 is 22.9. The van der Waals surface area contributed by atoms with E-state index in [1.807, 2.05) is 21.1 Å². The first-order chi connectivity index (χ1) is 45.6. The van der Waals surface area contributed by atoms with Crippen molar-refractivity contribution in [2.75, 3.05) is 47.5 Å². The third-order valence-corrected chi connectivity index (χ3v) is 18.2. The first-order valence-electron chi connectivity index (χ1n) is 40.4. The largest absolute Gasteiger partial charge is 0.545 e. The molecule has 0 amide bonds. The van der Waals surface area contributed by atoms with Crippen molar-refractivity contribution in [1.29, 1.82) is 0 Å². The number of carboxylic acid groups (broad SMARTS) is 1. The van der Waals surface area contributed by atoms with Gasteiger partial charge in [0.15, 0.2) is 12.4 Å². The van der Waals surface area contributed by atoms with Gasteiger partial charge in [-0.15, -0.1) is 0 Å². The maximum Gasteiger partial charge on any atom is 0.306 e. The quantitative estimate of drug-likeness (QED) is 0.0195. The van der Waals surface area contributed by atoms with Gasteiger partial charge in [0.25, 0.3) is 0 Å². The number of likely N-dealkylation sites (N-methyl/N-ethyl adjacent to an activating group) is 1. The molecule has 0 aliphatic carbocycles. The lowest BCUT2D eigenvalue weighted by molar-refractivity contribution is -0.870. The molecule has 0 bridgehead atoms. The summed E-state index contributed by atoms with van der Waals surface area (Å²) in [5.74, 6) is -2.25. The van der Waals surface area contributed by atoms with Gasteiger partial charge in [-0.2, -0.15) is 0 Å². The summed E-state index contributed by atoms with van der Waals surface area (Å²) in [4.78, 5) is 37.6. The van der Waals surface area contributed by atoms with Gasteiger partial charge in [0, 0.05) is 12.8 Å². The van der Waals surface area contributed by atoms with Crippen LogP contribution in [0.25, 0.3) is 0 Å². The van der Waals surface area contributed by atoms with Crippen LogP contribution in [0.2, 0.25) is 0 Å². The van der Waals surface area contributed by atoms with E-state index in [0.29, 0.717) is 17.4 Å². The van der Waals surface area contributed by atoms with Crippen LogP contribution in [0.4, 0.5) is 0 Å². The van der Waals surface area contributed by atoms with E-state index in [2.05, 4.69) is 74.6 Å². The van der Waals surface area contributed by atoms with Crippen LogP contribution in [0.1, 0.15) is 399 Å². The minimum Gasteiger partial charge on any atom is -0.545 e. The molecule has 0 radical (unpaired) electrons. The van der Waals surface area contributed by atoms with Gasteiger partial charge in [-0.25, -0.2) is 0 Å². The zero-order valence-electron chi connectivity index (χ0n) is 62.4. The smallest absolute Gasteiger partial charge is 0.306 e. The number of quaternary nitrogens is 1. The molecule has 544 valence electrons. The number of aliphatic carboxylic acids is 1. The molecule has 0 spiro atoms. The summed E-state index contributed by atoms with van der Waals surface area (Å²) in [7, 11) is 5.95. The van der Waals surface area contributed by atoms with E-state index in [0.717, 1.165) is 64.2 Å². The Morgan fingerprint density at radius 1 is 0.333 bits per heavy atom. The standard InChI is InChI=1S/C84H155NO8/c1-6-8-10-12-14-16-18-20-22-24-26-28-30-32-34-36-38-40-41-43-45-47-49-51-53-55-57-59-61-63-65-67-69-71-73-75-82(87)93-80(79-92-84(83(88)89)90-77-76-85(3,4)5)78-91-81(86)74-72-70-68-66-64-62-60-58-56-54-52-50-48-46-44-42-39-37-35-33-31-29-27-25-23-21-19-17-15-13-11-9-7-2/h8,10,14,16,20,22,25-28,80,84H,6-7,9,11-13,15,17-19,21,23-24,29-79H2,1-5H3/b10-8-,16-14-,22-20-,27-25-,28-26-. The number of carbonyl (C=O) groups is 3. The lowest BCUT2D eigenvalue weighted by Crippen LogP contribution is -2.44. The summed E-state index contributed by atoms with van der Waals surface area (Å²) in [6.07, 6.45) is 96.4. The van der Waals surface area contributed by atoms with Crippen LogP contribution >= 0.6 is 0 Å². The number of rotatable bonds is 76. The molecule has 9 nitrogen and oxygen atoms in total. The van der Waals surface area contributed by atoms with Crippen molar-refractivity contribution >= 4 is 17.9 Å². The lowest BCUT2D eigenvalue weighted by atomic mass is 10.0. The van der Waals surface area contributed by atoms with E-state index in [9.17, 15) is 19.5 Å². The average molecular weight is 1310 g/mol. The number of allylic oxidation sites excluding steroid dienone is 10. The van der Waals surface area contributed by atoms with Gasteiger partial charge < -0.3 is 33.3 Å². The van der Waals surface area contributed by atoms with Crippen molar-refractivity contribution in [2.45, 2.75) is 411 Å². The van der Waals surface area contributed by atoms with Gasteiger partial charge in [0.05, 0.1) is 40.3 Å². The topological polar surface area (TPSA) is 111 Å². The molecule has 0 saturated carbocycles. The highest BCUT2D eigenvalue weighted by Gasteiger charge is 2.22. The summed E-state index contributed by atoms with van der Waals surface area (Å²) in [5, 5.41) is 11.9. The van der Waals surface area contributed by atoms with Gasteiger partial charge in [-0.1, -0.05) is 370 Å². The molecule has 0 aromatic carbocycles. The van der Waals surface area contributed by atoms with Gasteiger partial charge in [-0.3, -0.25) is 9.59 Å². The molecule has 0 rings (SSSR count). The van der Waals surface area contributed by atoms with Crippen LogP contribution < -0.4 is 5.11 Å². The molecule has 0 aromatic rings. The number of unbranched alkanes of at least 4 members (excludes halogenated alkanes) is 51. The Labute approximate surface area is 577 Å². The fourth-order valence-corrected chi connectivity index (χ4v) is 12.1. The molecular weight excluding hydrogens is 1150 g/mol. The molecule has 2 atom stereocenters. The van der Waals surface area contributed by atoms with Crippen LogP contribution in [-0.4, -0.2) is 82.3 Å². The van der Waals surface area contributed by atoms with E-state index in [4.69, 9.17) is 18.9 Å². The summed E-state index contributed by atoms with van der Waals surface area (Å²) in [6.45, 7) is 4.71. The third-order valence-electron chi connectivity index (χ3n) is 18.2. The Morgan fingerprint density at radius 2 is 0.613 bits per heavy atom. The van der Waals surface area contributed by atoms with Crippen LogP contribution in [0.5, 0.6) is 0 Å². The molecule has 0 aliphatic heterocycles. The second-order valence-electron chi connectivity index (χ2n) is 28.7. The normalized spacial score (nSPS) is 12.9. The Hall–Kier alpha value is -3.01. The Morgan fingerprint density at radius 3 is 0.925 bits per heavy atom. The van der Waals surface area contributed by atoms with Crippen LogP contribution in [0.15, 0.2) is 60.8 Å². The van der Waals surface area contributed by atoms with E-state index in [1.54, 1.807) is 0 Å². The maximum atomic E-state index is 13.0. The van der Waals surface area contributed by atoms with Gasteiger partial charge >= 0.3 is 11.9 Å². The summed E-state index contributed by atoms with van der Waals surface area (Å²) >= 11 is 0. The van der Waals surface area contributed by atoms with Crippen LogP contribution in [0.3, 0.4) is 0 Å². The number of hydrogen-bond donors (Lipinski definition) is 0. The second kappa shape index (κ2) is 74.8. The molecular formula is C84H155NO8. The lowest BCUT2D eigenvalue weighted by Gasteiger charge is -2.26. The number of carboxylic acids is 1. The molecule has 0 aromatic heterocycles. The minimum atomic E-state index is -1.62. The van der Waals surface area contributed by atoms with Crippen LogP contribution in [-0.2, 0) is 33.3 Å². The maximum absolute atomic E-state index is 13.0. The molecule has 2 unspecified atom stereocenters. The van der Waals surface area contributed by atoms with Crippen LogP contribution in [0, 0.1) is 0 Å². The van der Waals surface area contributed by atoms with Crippen molar-refractivity contribution in [1.82, 2.24) is 0 Å². The Kier molecular flexibility index (Phi) is 72.4. The van der Waals surface area contributed by atoms with Gasteiger partial charge in [0.2, 0.25) is 0 Å². The monoisotopic (exact) mass is 1310 g/mol. The second-order valence-corrected chi connectivity index (χ2v) is 28.7.